The van der Waals surface area contributed by atoms with Gasteiger partial charge in [0.05, 0.1) is 6.61 Å². The molecule has 0 spiro atoms. The number of amides is 1. The average molecular weight is 271 g/mol. The van der Waals surface area contributed by atoms with Crippen molar-refractivity contribution >= 4 is 12.0 Å². The van der Waals surface area contributed by atoms with E-state index in [9.17, 15) is 4.79 Å². The molecule has 1 aromatic heterocycles. The van der Waals surface area contributed by atoms with Gasteiger partial charge in [-0.05, 0) is 36.3 Å². The maximum absolute atomic E-state index is 11.7. The lowest BCUT2D eigenvalue weighted by atomic mass is 10.1. The number of benzene rings is 1. The lowest BCUT2D eigenvalue weighted by Crippen LogP contribution is -2.20. The number of aryl methyl sites for hydroxylation is 1. The van der Waals surface area contributed by atoms with E-state index >= 15 is 0 Å². The smallest absolute Gasteiger partial charge is 0.244 e. The highest BCUT2D eigenvalue weighted by Gasteiger charge is 1.99. The number of carbonyl (C=O) groups excluding carboxylic acids is 1. The van der Waals surface area contributed by atoms with E-state index < -0.39 is 0 Å². The number of carbonyl (C=O) groups is 1. The zero-order chi connectivity index (χ0) is 14.4. The number of aliphatic hydroxyl groups excluding tert-OH is 1. The first-order valence-electron chi connectivity index (χ1n) is 6.38. The minimum Gasteiger partial charge on any atom is -0.462 e. The summed E-state index contributed by atoms with van der Waals surface area (Å²) >= 11 is 0. The van der Waals surface area contributed by atoms with E-state index in [1.165, 1.54) is 6.08 Å². The van der Waals surface area contributed by atoms with Gasteiger partial charge < -0.3 is 14.8 Å². The first-order chi connectivity index (χ1) is 9.67. The predicted molar refractivity (Wildman–Crippen MR) is 76.7 cm³/mol. The fraction of sp³-hybridized carbons (Fsp3) is 0.188. The molecule has 1 aromatic carbocycles. The van der Waals surface area contributed by atoms with E-state index in [2.05, 4.69) is 5.32 Å². The van der Waals surface area contributed by atoms with E-state index in [4.69, 9.17) is 9.52 Å². The third-order valence-electron chi connectivity index (χ3n) is 2.80. The van der Waals surface area contributed by atoms with Gasteiger partial charge in [-0.1, -0.05) is 24.3 Å². The van der Waals surface area contributed by atoms with Crippen molar-refractivity contribution in [1.82, 2.24) is 5.32 Å². The summed E-state index contributed by atoms with van der Waals surface area (Å²) in [4.78, 5) is 11.7. The summed E-state index contributed by atoms with van der Waals surface area (Å²) in [5.74, 6) is 1.28. The number of rotatable bonds is 5. The Balaban J connectivity index is 1.87. The maximum atomic E-state index is 11.7. The van der Waals surface area contributed by atoms with Gasteiger partial charge in [-0.2, -0.15) is 0 Å². The lowest BCUT2D eigenvalue weighted by molar-refractivity contribution is -0.116. The zero-order valence-electron chi connectivity index (χ0n) is 11.3. The fourth-order valence-corrected chi connectivity index (χ4v) is 1.79. The van der Waals surface area contributed by atoms with Gasteiger partial charge in [-0.3, -0.25) is 4.79 Å². The molecule has 2 rings (SSSR count). The van der Waals surface area contributed by atoms with Gasteiger partial charge in [0.1, 0.15) is 11.5 Å². The molecule has 1 heterocycles. The molecule has 0 aliphatic carbocycles. The van der Waals surface area contributed by atoms with Gasteiger partial charge in [-0.15, -0.1) is 0 Å². The van der Waals surface area contributed by atoms with E-state index in [1.807, 2.05) is 43.3 Å². The molecule has 2 N–H and O–H groups in total. The molecular weight excluding hydrogens is 254 g/mol. The molecule has 0 aliphatic heterocycles. The lowest BCUT2D eigenvalue weighted by Gasteiger charge is -2.04. The van der Waals surface area contributed by atoms with Crippen LogP contribution in [0.4, 0.5) is 0 Å². The van der Waals surface area contributed by atoms with Crippen LogP contribution in [0.1, 0.15) is 22.6 Å². The highest BCUT2D eigenvalue weighted by atomic mass is 16.3. The Morgan fingerprint density at radius 2 is 2.10 bits per heavy atom. The molecule has 4 heteroatoms. The van der Waals surface area contributed by atoms with Crippen molar-refractivity contribution in [3.05, 3.63) is 65.1 Å². The number of hydrogen-bond donors (Lipinski definition) is 2. The van der Waals surface area contributed by atoms with Crippen molar-refractivity contribution in [2.45, 2.75) is 20.1 Å². The van der Waals surface area contributed by atoms with Crippen molar-refractivity contribution in [2.24, 2.45) is 0 Å². The first kappa shape index (κ1) is 14.1. The number of hydrogen-bond acceptors (Lipinski definition) is 3. The molecule has 0 aliphatic rings. The van der Waals surface area contributed by atoms with Gasteiger partial charge in [0, 0.05) is 12.6 Å². The molecule has 1 amide bonds. The molecule has 20 heavy (non-hydrogen) atoms. The maximum Gasteiger partial charge on any atom is 0.244 e. The van der Waals surface area contributed by atoms with E-state index in [0.29, 0.717) is 12.3 Å². The SMILES string of the molecule is Cc1ccc(C=CC(=O)NCc2cccc(CO)c2)o1. The van der Waals surface area contributed by atoms with Crippen LogP contribution in [0.3, 0.4) is 0 Å². The van der Waals surface area contributed by atoms with Crippen LogP contribution in [0.2, 0.25) is 0 Å². The zero-order valence-corrected chi connectivity index (χ0v) is 11.3. The number of aliphatic hydroxyl groups is 1. The molecule has 4 nitrogen and oxygen atoms in total. The summed E-state index contributed by atoms with van der Waals surface area (Å²) in [7, 11) is 0. The van der Waals surface area contributed by atoms with Crippen LogP contribution < -0.4 is 5.32 Å². The Kier molecular flexibility index (Phi) is 4.74. The quantitative estimate of drug-likeness (QED) is 0.821. The Labute approximate surface area is 117 Å². The largest absolute Gasteiger partial charge is 0.462 e. The molecule has 0 unspecified atom stereocenters. The molecular formula is C16H17NO3. The summed E-state index contributed by atoms with van der Waals surface area (Å²) in [6.07, 6.45) is 3.07. The second kappa shape index (κ2) is 6.73. The third kappa shape index (κ3) is 4.10. The van der Waals surface area contributed by atoms with Gasteiger partial charge in [0.2, 0.25) is 5.91 Å². The van der Waals surface area contributed by atoms with Crippen LogP contribution in [-0.2, 0) is 17.9 Å². The Morgan fingerprint density at radius 1 is 1.30 bits per heavy atom. The summed E-state index contributed by atoms with van der Waals surface area (Å²) in [5.41, 5.74) is 1.78. The number of furan rings is 1. The molecule has 2 aromatic rings. The highest BCUT2D eigenvalue weighted by molar-refractivity contribution is 5.91. The van der Waals surface area contributed by atoms with Crippen molar-refractivity contribution in [3.8, 4) is 0 Å². The molecule has 0 saturated carbocycles. The van der Waals surface area contributed by atoms with Gasteiger partial charge >= 0.3 is 0 Å². The summed E-state index contributed by atoms with van der Waals surface area (Å²) < 4.78 is 5.33. The van der Waals surface area contributed by atoms with Crippen molar-refractivity contribution in [2.75, 3.05) is 0 Å². The minimum atomic E-state index is -0.187. The molecule has 0 saturated heterocycles. The topological polar surface area (TPSA) is 62.5 Å². The van der Waals surface area contributed by atoms with E-state index in [-0.39, 0.29) is 12.5 Å². The Bertz CT molecular complexity index is 614. The molecule has 0 atom stereocenters. The predicted octanol–water partition coefficient (Wildman–Crippen LogP) is 2.41. The highest BCUT2D eigenvalue weighted by Crippen LogP contribution is 2.08. The van der Waals surface area contributed by atoms with Crippen LogP contribution in [0.5, 0.6) is 0 Å². The second-order valence-corrected chi connectivity index (χ2v) is 4.48. The summed E-state index contributed by atoms with van der Waals surface area (Å²) in [5, 5.41) is 11.8. The van der Waals surface area contributed by atoms with Crippen LogP contribution >= 0.6 is 0 Å². The second-order valence-electron chi connectivity index (χ2n) is 4.48. The van der Waals surface area contributed by atoms with E-state index in [1.54, 1.807) is 6.08 Å². The minimum absolute atomic E-state index is 0.000462. The van der Waals surface area contributed by atoms with Crippen molar-refractivity contribution < 1.29 is 14.3 Å². The third-order valence-corrected chi connectivity index (χ3v) is 2.80. The standard InChI is InChI=1S/C16H17NO3/c1-12-5-6-15(20-12)7-8-16(19)17-10-13-3-2-4-14(9-13)11-18/h2-9,18H,10-11H2,1H3,(H,17,19). The Morgan fingerprint density at radius 3 is 2.80 bits per heavy atom. The molecule has 0 radical (unpaired) electrons. The van der Waals surface area contributed by atoms with Gasteiger partial charge in [0.15, 0.2) is 0 Å². The molecule has 0 bridgehead atoms. The average Bonchev–Trinajstić information content (AvgIpc) is 2.89. The normalized spacial score (nSPS) is 10.9. The van der Waals surface area contributed by atoms with Crippen LogP contribution in [0, 0.1) is 6.92 Å². The molecule has 104 valence electrons. The van der Waals surface area contributed by atoms with Crippen LogP contribution in [0.25, 0.3) is 6.08 Å². The summed E-state index contributed by atoms with van der Waals surface area (Å²) in [6, 6.07) is 11.1. The first-order valence-corrected chi connectivity index (χ1v) is 6.38. The van der Waals surface area contributed by atoms with Gasteiger partial charge in [-0.25, -0.2) is 0 Å². The number of nitrogens with one attached hydrogen (secondary N) is 1. The van der Waals surface area contributed by atoms with Gasteiger partial charge in [0.25, 0.3) is 0 Å². The fourth-order valence-electron chi connectivity index (χ4n) is 1.79. The summed E-state index contributed by atoms with van der Waals surface area (Å²) in [6.45, 7) is 2.28. The van der Waals surface area contributed by atoms with Crippen molar-refractivity contribution in [3.63, 3.8) is 0 Å². The van der Waals surface area contributed by atoms with E-state index in [0.717, 1.165) is 16.9 Å². The van der Waals surface area contributed by atoms with Crippen LogP contribution in [0.15, 0.2) is 46.9 Å². The van der Waals surface area contributed by atoms with Crippen LogP contribution in [-0.4, -0.2) is 11.0 Å². The van der Waals surface area contributed by atoms with Crippen molar-refractivity contribution in [1.29, 1.82) is 0 Å². The molecule has 0 fully saturated rings. The monoisotopic (exact) mass is 271 g/mol. The Hall–Kier alpha value is -2.33.